The van der Waals surface area contributed by atoms with Gasteiger partial charge in [0, 0.05) is 30.5 Å². The first-order valence-corrected chi connectivity index (χ1v) is 10.3. The van der Waals surface area contributed by atoms with Crippen LogP contribution in [0.4, 0.5) is 4.39 Å². The highest BCUT2D eigenvalue weighted by molar-refractivity contribution is 5.96. The Morgan fingerprint density at radius 1 is 0.966 bits per heavy atom. The maximum Gasteiger partial charge on any atom is 0.162 e. The molecule has 29 heavy (non-hydrogen) atoms. The number of piperidine rings is 1. The highest BCUT2D eigenvalue weighted by atomic mass is 19.1. The van der Waals surface area contributed by atoms with Crippen molar-refractivity contribution >= 4 is 16.6 Å². The fourth-order valence-electron chi connectivity index (χ4n) is 3.97. The lowest BCUT2D eigenvalue weighted by atomic mass is 10.0. The van der Waals surface area contributed by atoms with Gasteiger partial charge in [-0.05, 0) is 61.5 Å². The molecule has 0 N–H and O–H groups in total. The summed E-state index contributed by atoms with van der Waals surface area (Å²) < 4.78 is 19.3. The Labute approximate surface area is 171 Å². The van der Waals surface area contributed by atoms with Crippen molar-refractivity contribution < 1.29 is 13.9 Å². The maximum atomic E-state index is 13.0. The zero-order valence-corrected chi connectivity index (χ0v) is 16.5. The second kappa shape index (κ2) is 9.19. The Morgan fingerprint density at radius 2 is 1.69 bits per heavy atom. The minimum absolute atomic E-state index is 0.0826. The lowest BCUT2D eigenvalue weighted by Crippen LogP contribution is -2.38. The quantitative estimate of drug-likeness (QED) is 0.499. The molecule has 0 aliphatic carbocycles. The van der Waals surface area contributed by atoms with E-state index in [1.807, 2.05) is 18.2 Å². The number of carbonyl (C=O) groups excluding carboxylic acids is 1. The average molecular weight is 391 g/mol. The topological polar surface area (TPSA) is 29.5 Å². The first-order chi connectivity index (χ1) is 14.2. The molecular formula is C25H26FNO2. The van der Waals surface area contributed by atoms with Crippen LogP contribution in [0.1, 0.15) is 36.0 Å². The van der Waals surface area contributed by atoms with Crippen molar-refractivity contribution in [3.63, 3.8) is 0 Å². The fourth-order valence-corrected chi connectivity index (χ4v) is 3.97. The summed E-state index contributed by atoms with van der Waals surface area (Å²) in [6, 6.07) is 20.3. The van der Waals surface area contributed by atoms with Gasteiger partial charge < -0.3 is 9.64 Å². The molecule has 1 heterocycles. The van der Waals surface area contributed by atoms with E-state index in [-0.39, 0.29) is 17.7 Å². The van der Waals surface area contributed by atoms with Crippen molar-refractivity contribution in [1.29, 1.82) is 0 Å². The van der Waals surface area contributed by atoms with Crippen molar-refractivity contribution in [2.45, 2.75) is 31.8 Å². The molecule has 0 bridgehead atoms. The van der Waals surface area contributed by atoms with Crippen LogP contribution >= 0.6 is 0 Å². The number of hydrogen-bond donors (Lipinski definition) is 0. The number of hydrogen-bond acceptors (Lipinski definition) is 3. The molecule has 3 aromatic rings. The molecule has 3 aromatic carbocycles. The highest BCUT2D eigenvalue weighted by Gasteiger charge is 2.21. The van der Waals surface area contributed by atoms with Gasteiger partial charge in [0.05, 0.1) is 0 Å². The summed E-state index contributed by atoms with van der Waals surface area (Å²) in [5.74, 6) is 0.737. The van der Waals surface area contributed by atoms with Gasteiger partial charge >= 0.3 is 0 Å². The standard InChI is InChI=1S/C25H26FNO2/c26-21-12-10-20(11-13-21)24(28)8-4-16-27-17-14-22(15-18-27)29-25-9-3-6-19-5-1-2-7-23(19)25/h1-3,5-7,9-13,22H,4,8,14-18H2. The van der Waals surface area contributed by atoms with Crippen molar-refractivity contribution in [2.75, 3.05) is 19.6 Å². The molecule has 0 saturated carbocycles. The van der Waals surface area contributed by atoms with Gasteiger partial charge in [-0.15, -0.1) is 0 Å². The van der Waals surface area contributed by atoms with E-state index in [2.05, 4.69) is 29.2 Å². The van der Waals surface area contributed by atoms with Crippen molar-refractivity contribution in [3.05, 3.63) is 78.1 Å². The number of likely N-dealkylation sites (tertiary alicyclic amines) is 1. The summed E-state index contributed by atoms with van der Waals surface area (Å²) in [4.78, 5) is 14.6. The van der Waals surface area contributed by atoms with Crippen molar-refractivity contribution in [2.24, 2.45) is 0 Å². The molecule has 3 nitrogen and oxygen atoms in total. The van der Waals surface area contributed by atoms with Gasteiger partial charge in [-0.2, -0.15) is 0 Å². The predicted octanol–water partition coefficient (Wildman–Crippen LogP) is 5.49. The lowest BCUT2D eigenvalue weighted by Gasteiger charge is -2.32. The Kier molecular flexibility index (Phi) is 6.20. The molecule has 0 radical (unpaired) electrons. The van der Waals surface area contributed by atoms with E-state index < -0.39 is 0 Å². The third kappa shape index (κ3) is 5.01. The molecule has 1 aliphatic heterocycles. The number of Topliss-reactive ketones (excluding diaryl/α,β-unsaturated/α-hetero) is 1. The van der Waals surface area contributed by atoms with Gasteiger partial charge in [0.1, 0.15) is 17.7 Å². The van der Waals surface area contributed by atoms with Crippen LogP contribution in [-0.4, -0.2) is 36.4 Å². The number of benzene rings is 3. The molecule has 0 amide bonds. The van der Waals surface area contributed by atoms with Crippen LogP contribution in [-0.2, 0) is 0 Å². The third-order valence-corrected chi connectivity index (χ3v) is 5.62. The van der Waals surface area contributed by atoms with E-state index in [1.165, 1.54) is 17.5 Å². The van der Waals surface area contributed by atoms with Crippen LogP contribution in [0.25, 0.3) is 10.8 Å². The first kappa shape index (κ1) is 19.6. The number of fused-ring (bicyclic) bond motifs is 1. The molecule has 1 saturated heterocycles. The van der Waals surface area contributed by atoms with Gasteiger partial charge in [-0.25, -0.2) is 4.39 Å². The molecule has 0 atom stereocenters. The van der Waals surface area contributed by atoms with E-state index in [9.17, 15) is 9.18 Å². The van der Waals surface area contributed by atoms with Crippen LogP contribution in [0.5, 0.6) is 5.75 Å². The SMILES string of the molecule is O=C(CCCN1CCC(Oc2cccc3ccccc23)CC1)c1ccc(F)cc1. The molecule has 4 heteroatoms. The zero-order chi connectivity index (χ0) is 20.1. The molecule has 4 rings (SSSR count). The monoisotopic (exact) mass is 391 g/mol. The van der Waals surface area contributed by atoms with Crippen LogP contribution in [0, 0.1) is 5.82 Å². The number of ether oxygens (including phenoxy) is 1. The first-order valence-electron chi connectivity index (χ1n) is 10.3. The number of carbonyl (C=O) groups is 1. The van der Waals surface area contributed by atoms with Crippen LogP contribution in [0.3, 0.4) is 0 Å². The van der Waals surface area contributed by atoms with Crippen LogP contribution in [0.15, 0.2) is 66.7 Å². The summed E-state index contributed by atoms with van der Waals surface area (Å²) in [7, 11) is 0. The van der Waals surface area contributed by atoms with E-state index in [4.69, 9.17) is 4.74 Å². The normalized spacial score (nSPS) is 15.5. The second-order valence-electron chi connectivity index (χ2n) is 7.67. The van der Waals surface area contributed by atoms with E-state index in [1.54, 1.807) is 12.1 Å². The summed E-state index contributed by atoms with van der Waals surface area (Å²) in [6.07, 6.45) is 3.55. The Morgan fingerprint density at radius 3 is 2.48 bits per heavy atom. The Balaban J connectivity index is 1.22. The maximum absolute atomic E-state index is 13.0. The molecule has 1 fully saturated rings. The van der Waals surface area contributed by atoms with Crippen molar-refractivity contribution in [3.8, 4) is 5.75 Å². The van der Waals surface area contributed by atoms with Crippen LogP contribution in [0.2, 0.25) is 0 Å². The van der Waals surface area contributed by atoms with Gasteiger partial charge in [0.2, 0.25) is 0 Å². The van der Waals surface area contributed by atoms with Gasteiger partial charge in [0.25, 0.3) is 0 Å². The summed E-state index contributed by atoms with van der Waals surface area (Å²) in [6.45, 7) is 2.88. The smallest absolute Gasteiger partial charge is 0.162 e. The summed E-state index contributed by atoms with van der Waals surface area (Å²) >= 11 is 0. The molecule has 0 spiro atoms. The minimum atomic E-state index is -0.310. The number of nitrogens with zero attached hydrogens (tertiary/aromatic N) is 1. The lowest BCUT2D eigenvalue weighted by molar-refractivity contribution is 0.0925. The largest absolute Gasteiger partial charge is 0.490 e. The fraction of sp³-hybridized carbons (Fsp3) is 0.320. The van der Waals surface area contributed by atoms with Gasteiger partial charge in [-0.1, -0.05) is 36.4 Å². The molecule has 0 unspecified atom stereocenters. The Hall–Kier alpha value is -2.72. The Bertz CT molecular complexity index is 957. The minimum Gasteiger partial charge on any atom is -0.490 e. The van der Waals surface area contributed by atoms with Crippen molar-refractivity contribution in [1.82, 2.24) is 4.90 Å². The van der Waals surface area contributed by atoms with Crippen LogP contribution < -0.4 is 4.74 Å². The number of rotatable bonds is 7. The van der Waals surface area contributed by atoms with E-state index in [0.717, 1.165) is 50.0 Å². The summed E-state index contributed by atoms with van der Waals surface area (Å²) in [5, 5.41) is 2.37. The third-order valence-electron chi connectivity index (χ3n) is 5.62. The summed E-state index contributed by atoms with van der Waals surface area (Å²) in [5.41, 5.74) is 0.591. The molecule has 0 aromatic heterocycles. The van der Waals surface area contributed by atoms with Gasteiger partial charge in [0.15, 0.2) is 5.78 Å². The number of halogens is 1. The molecule has 150 valence electrons. The highest BCUT2D eigenvalue weighted by Crippen LogP contribution is 2.28. The second-order valence-corrected chi connectivity index (χ2v) is 7.67. The molecular weight excluding hydrogens is 365 g/mol. The van der Waals surface area contributed by atoms with E-state index >= 15 is 0 Å². The number of ketones is 1. The zero-order valence-electron chi connectivity index (χ0n) is 16.5. The molecule has 1 aliphatic rings. The van der Waals surface area contributed by atoms with E-state index in [0.29, 0.717) is 12.0 Å². The predicted molar refractivity (Wildman–Crippen MR) is 114 cm³/mol. The van der Waals surface area contributed by atoms with Gasteiger partial charge in [-0.3, -0.25) is 4.79 Å². The average Bonchev–Trinajstić information content (AvgIpc) is 2.76.